The van der Waals surface area contributed by atoms with Crippen LogP contribution in [0, 0.1) is 5.92 Å². The zero-order valence-electron chi connectivity index (χ0n) is 17.0. The van der Waals surface area contributed by atoms with E-state index < -0.39 is 0 Å². The van der Waals surface area contributed by atoms with E-state index in [1.807, 2.05) is 0 Å². The molecular weight excluding hydrogens is 334 g/mol. The molecule has 1 aliphatic carbocycles. The Bertz CT molecular complexity index is 643. The number of Topliss-reactive ketones (excluding diaryl/α,β-unsaturated/α-hetero) is 1. The molecule has 0 bridgehead atoms. The molecule has 27 heavy (non-hydrogen) atoms. The number of rotatable bonds is 6. The molecular formula is C23H35N3O. The van der Waals surface area contributed by atoms with E-state index in [9.17, 15) is 4.79 Å². The largest absolute Gasteiger partial charge is 0.369 e. The van der Waals surface area contributed by atoms with Crippen LogP contribution < -0.4 is 4.90 Å². The summed E-state index contributed by atoms with van der Waals surface area (Å²) in [4.78, 5) is 18.9. The Labute approximate surface area is 164 Å². The lowest BCUT2D eigenvalue weighted by atomic mass is 9.93. The van der Waals surface area contributed by atoms with Crippen molar-refractivity contribution in [2.75, 3.05) is 57.3 Å². The molecule has 0 aromatic heterocycles. The first-order valence-corrected chi connectivity index (χ1v) is 11.0. The number of carbonyl (C=O) groups excluding carboxylic acids is 1. The summed E-state index contributed by atoms with van der Waals surface area (Å²) in [5, 5.41) is 0. The monoisotopic (exact) mass is 369 g/mol. The van der Waals surface area contributed by atoms with E-state index in [4.69, 9.17) is 0 Å². The lowest BCUT2D eigenvalue weighted by Crippen LogP contribution is -2.47. The molecule has 4 heteroatoms. The summed E-state index contributed by atoms with van der Waals surface area (Å²) in [7, 11) is 0. The molecule has 1 aromatic carbocycles. The molecule has 0 spiro atoms. The molecule has 0 saturated carbocycles. The number of fused-ring (bicyclic) bond motifs is 1. The number of benzene rings is 1. The predicted octanol–water partition coefficient (Wildman–Crippen LogP) is 2.99. The molecule has 0 atom stereocenters. The minimum Gasteiger partial charge on any atom is -0.369 e. The maximum Gasteiger partial charge on any atom is 0.143 e. The highest BCUT2D eigenvalue weighted by Gasteiger charge is 2.24. The van der Waals surface area contributed by atoms with Crippen LogP contribution in [-0.2, 0) is 17.6 Å². The smallest absolute Gasteiger partial charge is 0.143 e. The summed E-state index contributed by atoms with van der Waals surface area (Å²) in [6.45, 7) is 10.6. The summed E-state index contributed by atoms with van der Waals surface area (Å²) in [5.41, 5.74) is 4.73. The van der Waals surface area contributed by atoms with Gasteiger partial charge in [-0.05, 0) is 88.2 Å². The van der Waals surface area contributed by atoms with E-state index in [0.29, 0.717) is 12.3 Å². The normalized spacial score (nSPS) is 22.2. The predicted molar refractivity (Wildman–Crippen MR) is 112 cm³/mol. The molecule has 0 amide bonds. The maximum atomic E-state index is 11.3. The van der Waals surface area contributed by atoms with Crippen molar-refractivity contribution in [2.45, 2.75) is 45.4 Å². The van der Waals surface area contributed by atoms with Crippen LogP contribution in [0.15, 0.2) is 18.2 Å². The van der Waals surface area contributed by atoms with E-state index in [1.165, 1.54) is 76.9 Å². The number of hydrogen-bond acceptors (Lipinski definition) is 4. The first-order valence-electron chi connectivity index (χ1n) is 11.0. The van der Waals surface area contributed by atoms with Gasteiger partial charge in [0.05, 0.1) is 6.54 Å². The molecule has 3 aliphatic rings. The Kier molecular flexibility index (Phi) is 6.14. The number of aryl methyl sites for hydroxylation is 1. The van der Waals surface area contributed by atoms with Gasteiger partial charge in [-0.3, -0.25) is 14.6 Å². The fraction of sp³-hybridized carbons (Fsp3) is 0.696. The zero-order chi connectivity index (χ0) is 18.6. The Morgan fingerprint density at radius 2 is 1.78 bits per heavy atom. The van der Waals surface area contributed by atoms with Crippen molar-refractivity contribution in [2.24, 2.45) is 5.92 Å². The van der Waals surface area contributed by atoms with Crippen molar-refractivity contribution in [3.05, 3.63) is 29.3 Å². The summed E-state index contributed by atoms with van der Waals surface area (Å²) >= 11 is 0. The maximum absolute atomic E-state index is 11.3. The van der Waals surface area contributed by atoms with Gasteiger partial charge in [-0.2, -0.15) is 0 Å². The van der Waals surface area contributed by atoms with Crippen molar-refractivity contribution >= 4 is 11.5 Å². The lowest BCUT2D eigenvalue weighted by Gasteiger charge is -2.38. The second-order valence-corrected chi connectivity index (χ2v) is 8.81. The third kappa shape index (κ3) is 4.72. The van der Waals surface area contributed by atoms with Gasteiger partial charge in [0, 0.05) is 31.9 Å². The van der Waals surface area contributed by atoms with Gasteiger partial charge in [-0.15, -0.1) is 0 Å². The number of piperidine rings is 1. The van der Waals surface area contributed by atoms with Crippen LogP contribution >= 0.6 is 0 Å². The summed E-state index contributed by atoms with van der Waals surface area (Å²) in [6, 6.07) is 6.92. The third-order valence-corrected chi connectivity index (χ3v) is 6.84. The SMILES string of the molecule is CC(=O)CN1CCC(CCN2CCN(c3cccc4c3CCC4)CC2)CC1. The molecule has 4 rings (SSSR count). The second-order valence-electron chi connectivity index (χ2n) is 8.81. The minimum atomic E-state index is 0.301. The average Bonchev–Trinajstić information content (AvgIpc) is 3.16. The zero-order valence-corrected chi connectivity index (χ0v) is 17.0. The van der Waals surface area contributed by atoms with Crippen LogP contribution in [0.1, 0.15) is 43.7 Å². The molecule has 148 valence electrons. The van der Waals surface area contributed by atoms with Gasteiger partial charge in [-0.1, -0.05) is 12.1 Å². The number of piperazine rings is 1. The van der Waals surface area contributed by atoms with Crippen molar-refractivity contribution in [1.29, 1.82) is 0 Å². The van der Waals surface area contributed by atoms with E-state index >= 15 is 0 Å². The Morgan fingerprint density at radius 1 is 1.00 bits per heavy atom. The summed E-state index contributed by atoms with van der Waals surface area (Å²) in [5.74, 6) is 1.15. The lowest BCUT2D eigenvalue weighted by molar-refractivity contribution is -0.118. The van der Waals surface area contributed by atoms with Crippen molar-refractivity contribution in [3.63, 3.8) is 0 Å². The standard InChI is InChI=1S/C23H35N3O/c1-19(27)18-25-12-9-20(10-13-25)8-11-24-14-16-26(17-15-24)23-7-3-5-21-4-2-6-22(21)23/h3,5,7,20H,2,4,6,8-18H2,1H3. The number of ketones is 1. The van der Waals surface area contributed by atoms with Gasteiger partial charge in [0.25, 0.3) is 0 Å². The van der Waals surface area contributed by atoms with Gasteiger partial charge in [0.15, 0.2) is 0 Å². The fourth-order valence-electron chi connectivity index (χ4n) is 5.22. The fourth-order valence-corrected chi connectivity index (χ4v) is 5.22. The highest BCUT2D eigenvalue weighted by molar-refractivity contribution is 5.77. The first kappa shape index (κ1) is 18.9. The first-order chi connectivity index (χ1) is 13.2. The van der Waals surface area contributed by atoms with Crippen molar-refractivity contribution in [1.82, 2.24) is 9.80 Å². The van der Waals surface area contributed by atoms with Crippen LogP contribution in [0.4, 0.5) is 5.69 Å². The Balaban J connectivity index is 1.20. The highest BCUT2D eigenvalue weighted by Crippen LogP contribution is 2.32. The van der Waals surface area contributed by atoms with E-state index in [0.717, 1.165) is 19.0 Å². The molecule has 2 aliphatic heterocycles. The molecule has 2 saturated heterocycles. The van der Waals surface area contributed by atoms with Crippen LogP contribution in [-0.4, -0.2) is 67.9 Å². The van der Waals surface area contributed by atoms with Crippen molar-refractivity contribution < 1.29 is 4.79 Å². The molecule has 4 nitrogen and oxygen atoms in total. The second kappa shape index (κ2) is 8.74. The number of hydrogen-bond donors (Lipinski definition) is 0. The van der Waals surface area contributed by atoms with Crippen molar-refractivity contribution in [3.8, 4) is 0 Å². The average molecular weight is 370 g/mol. The van der Waals surface area contributed by atoms with Crippen LogP contribution in [0.3, 0.4) is 0 Å². The molecule has 2 fully saturated rings. The highest BCUT2D eigenvalue weighted by atomic mass is 16.1. The molecule has 0 unspecified atom stereocenters. The topological polar surface area (TPSA) is 26.8 Å². The molecule has 2 heterocycles. The molecule has 0 N–H and O–H groups in total. The third-order valence-electron chi connectivity index (χ3n) is 6.84. The number of anilines is 1. The van der Waals surface area contributed by atoms with Gasteiger partial charge >= 0.3 is 0 Å². The minimum absolute atomic E-state index is 0.301. The van der Waals surface area contributed by atoms with E-state index in [1.54, 1.807) is 18.1 Å². The van der Waals surface area contributed by atoms with Gasteiger partial charge < -0.3 is 4.90 Å². The quantitative estimate of drug-likeness (QED) is 0.770. The number of carbonyl (C=O) groups is 1. The van der Waals surface area contributed by atoms with E-state index in [2.05, 4.69) is 32.9 Å². The number of nitrogens with zero attached hydrogens (tertiary/aromatic N) is 3. The Hall–Kier alpha value is -1.39. The number of likely N-dealkylation sites (tertiary alicyclic amines) is 1. The van der Waals surface area contributed by atoms with Crippen LogP contribution in [0.5, 0.6) is 0 Å². The van der Waals surface area contributed by atoms with Crippen LogP contribution in [0.25, 0.3) is 0 Å². The van der Waals surface area contributed by atoms with Gasteiger partial charge in [0.2, 0.25) is 0 Å². The van der Waals surface area contributed by atoms with E-state index in [-0.39, 0.29) is 0 Å². The Morgan fingerprint density at radius 3 is 2.52 bits per heavy atom. The van der Waals surface area contributed by atoms with Crippen LogP contribution in [0.2, 0.25) is 0 Å². The summed E-state index contributed by atoms with van der Waals surface area (Å²) in [6.07, 6.45) is 7.74. The van der Waals surface area contributed by atoms with Gasteiger partial charge in [0.1, 0.15) is 5.78 Å². The molecule has 0 radical (unpaired) electrons. The van der Waals surface area contributed by atoms with Gasteiger partial charge in [-0.25, -0.2) is 0 Å². The molecule has 1 aromatic rings. The summed E-state index contributed by atoms with van der Waals surface area (Å²) < 4.78 is 0.